The van der Waals surface area contributed by atoms with Crippen LogP contribution < -0.4 is 15.9 Å². The van der Waals surface area contributed by atoms with Gasteiger partial charge in [0.05, 0.1) is 18.0 Å². The van der Waals surface area contributed by atoms with E-state index in [0.29, 0.717) is 16.8 Å². The number of rotatable bonds is 3. The zero-order chi connectivity index (χ0) is 23.5. The van der Waals surface area contributed by atoms with Crippen LogP contribution in [-0.4, -0.2) is 23.0 Å². The number of nitrogens with zero attached hydrogens (tertiary/aromatic N) is 1. The smallest absolute Gasteiger partial charge is 0.268 e. The molecule has 3 aromatic rings. The number of ether oxygens (including phenoxy) is 1. The molecule has 4 rings (SSSR count). The number of hydrogen-bond acceptors (Lipinski definition) is 4. The highest BCUT2D eigenvalue weighted by Gasteiger charge is 2.28. The summed E-state index contributed by atoms with van der Waals surface area (Å²) in [5, 5.41) is 0.287. The fraction of sp³-hybridized carbons (Fsp3) is 0.375. The Balaban J connectivity index is 0.000000243. The van der Waals surface area contributed by atoms with Crippen molar-refractivity contribution < 1.29 is 18.3 Å². The minimum absolute atomic E-state index is 0.0371. The Morgan fingerprint density at radius 2 is 1.91 bits per heavy atom. The van der Waals surface area contributed by atoms with Gasteiger partial charge in [0.1, 0.15) is 5.69 Å². The highest BCUT2D eigenvalue weighted by atomic mass is 19.2. The van der Waals surface area contributed by atoms with Gasteiger partial charge >= 0.3 is 0 Å². The van der Waals surface area contributed by atoms with Gasteiger partial charge in [0.2, 0.25) is 5.82 Å². The minimum atomic E-state index is -0.940. The molecule has 1 fully saturated rings. The van der Waals surface area contributed by atoms with Crippen LogP contribution in [0, 0.1) is 17.0 Å². The number of fused-ring (bicyclic) bond motifs is 1. The molecular weight excluding hydrogens is 416 g/mol. The molecule has 32 heavy (non-hydrogen) atoms. The van der Waals surface area contributed by atoms with Crippen molar-refractivity contribution in [2.45, 2.75) is 45.4 Å². The summed E-state index contributed by atoms with van der Waals surface area (Å²) in [5.41, 5.74) is 7.13. The topological polar surface area (TPSA) is 98.1 Å². The van der Waals surface area contributed by atoms with E-state index in [1.54, 1.807) is 12.1 Å². The van der Waals surface area contributed by atoms with Crippen molar-refractivity contribution in [1.29, 1.82) is 0 Å². The number of pyridine rings is 2. The van der Waals surface area contributed by atoms with Crippen LogP contribution in [0.2, 0.25) is 0 Å². The number of halogens is 2. The van der Waals surface area contributed by atoms with Gasteiger partial charge in [-0.15, -0.1) is 0 Å². The Morgan fingerprint density at radius 3 is 2.50 bits per heavy atom. The molecule has 1 aromatic carbocycles. The number of methoxy groups -OCH3 is 1. The molecule has 6 nitrogen and oxygen atoms in total. The third-order valence-corrected chi connectivity index (χ3v) is 5.91. The van der Waals surface area contributed by atoms with Crippen LogP contribution in [0.15, 0.2) is 41.3 Å². The van der Waals surface area contributed by atoms with Crippen molar-refractivity contribution in [2.24, 2.45) is 11.1 Å². The van der Waals surface area contributed by atoms with Crippen LogP contribution in [0.25, 0.3) is 10.9 Å². The lowest BCUT2D eigenvalue weighted by atomic mass is 9.72. The van der Waals surface area contributed by atoms with E-state index in [2.05, 4.69) is 28.6 Å². The number of aromatic amines is 1. The molecule has 0 saturated heterocycles. The molecule has 3 N–H and O–H groups in total. The van der Waals surface area contributed by atoms with Gasteiger partial charge in [0.15, 0.2) is 17.0 Å². The highest BCUT2D eigenvalue weighted by molar-refractivity contribution is 6.03. The molecule has 0 aliphatic heterocycles. The number of hydrogen-bond donors (Lipinski definition) is 2. The molecule has 0 bridgehead atoms. The molecule has 0 spiro atoms. The zero-order valence-corrected chi connectivity index (χ0v) is 18.4. The summed E-state index contributed by atoms with van der Waals surface area (Å²) in [5.74, 6) is -2.21. The molecule has 0 unspecified atom stereocenters. The molecule has 0 atom stereocenters. The quantitative estimate of drug-likeness (QED) is 0.614. The number of carbonyl (C=O) groups excluding carboxylic acids is 1. The number of aromatic nitrogens is 2. The van der Waals surface area contributed by atoms with Crippen LogP contribution in [0.3, 0.4) is 0 Å². The van der Waals surface area contributed by atoms with Crippen molar-refractivity contribution in [1.82, 2.24) is 9.97 Å². The molecule has 2 aromatic heterocycles. The number of H-pyrrole nitrogens is 1. The average molecular weight is 443 g/mol. The molecule has 2 heterocycles. The van der Waals surface area contributed by atoms with Gasteiger partial charge < -0.3 is 15.5 Å². The predicted octanol–water partition coefficient (Wildman–Crippen LogP) is 4.68. The third-order valence-electron chi connectivity index (χ3n) is 5.91. The third kappa shape index (κ3) is 5.12. The Labute approximate surface area is 184 Å². The molecule has 8 heteroatoms. The number of carbonyl (C=O) groups is 1. The van der Waals surface area contributed by atoms with Crippen LogP contribution in [0.5, 0.6) is 5.75 Å². The van der Waals surface area contributed by atoms with Crippen LogP contribution in [-0.2, 0) is 0 Å². The van der Waals surface area contributed by atoms with E-state index in [1.807, 2.05) is 0 Å². The zero-order valence-electron chi connectivity index (χ0n) is 18.4. The van der Waals surface area contributed by atoms with Gasteiger partial charge in [-0.1, -0.05) is 19.9 Å². The second-order valence-electron chi connectivity index (χ2n) is 8.73. The van der Waals surface area contributed by atoms with Crippen LogP contribution in [0.1, 0.15) is 61.6 Å². The maximum atomic E-state index is 12.5. The van der Waals surface area contributed by atoms with Gasteiger partial charge in [-0.3, -0.25) is 14.6 Å². The van der Waals surface area contributed by atoms with Gasteiger partial charge in [-0.05, 0) is 55.2 Å². The lowest BCUT2D eigenvalue weighted by molar-refractivity contribution is 0.0997. The summed E-state index contributed by atoms with van der Waals surface area (Å²) < 4.78 is 29.3. The summed E-state index contributed by atoms with van der Waals surface area (Å²) in [6, 6.07) is 7.12. The van der Waals surface area contributed by atoms with Crippen molar-refractivity contribution in [2.75, 3.05) is 7.11 Å². The van der Waals surface area contributed by atoms with E-state index in [1.165, 1.54) is 25.4 Å². The van der Waals surface area contributed by atoms with E-state index in [-0.39, 0.29) is 22.3 Å². The molecule has 1 aliphatic carbocycles. The van der Waals surface area contributed by atoms with E-state index in [4.69, 9.17) is 5.73 Å². The summed E-state index contributed by atoms with van der Waals surface area (Å²) in [7, 11) is 1.29. The molecule has 0 radical (unpaired) electrons. The number of amides is 1. The number of benzene rings is 1. The van der Waals surface area contributed by atoms with E-state index in [0.717, 1.165) is 37.4 Å². The first-order valence-corrected chi connectivity index (χ1v) is 10.4. The Kier molecular flexibility index (Phi) is 6.91. The van der Waals surface area contributed by atoms with Crippen molar-refractivity contribution in [3.63, 3.8) is 0 Å². The molecule has 1 aliphatic rings. The van der Waals surface area contributed by atoms with Gasteiger partial charge in [-0.25, -0.2) is 4.39 Å². The number of nitrogens with one attached hydrogen (secondary N) is 1. The van der Waals surface area contributed by atoms with Crippen molar-refractivity contribution in [3.05, 3.63) is 69.8 Å². The molecule has 170 valence electrons. The van der Waals surface area contributed by atoms with Gasteiger partial charge in [-0.2, -0.15) is 4.39 Å². The summed E-state index contributed by atoms with van der Waals surface area (Å²) in [6.45, 7) is 4.58. The fourth-order valence-electron chi connectivity index (χ4n) is 3.98. The van der Waals surface area contributed by atoms with E-state index < -0.39 is 17.5 Å². The van der Waals surface area contributed by atoms with E-state index in [9.17, 15) is 18.4 Å². The first-order chi connectivity index (χ1) is 15.1. The molecule has 1 amide bonds. The SMILES string of the molecule is CC1(C)CCC(c2cc(=O)c3c(C(N)=O)nccc3[nH]2)CC1.COc1cccc(F)c1F. The van der Waals surface area contributed by atoms with E-state index >= 15 is 0 Å². The van der Waals surface area contributed by atoms with Crippen molar-refractivity contribution >= 4 is 16.8 Å². The Bertz CT molecular complexity index is 1180. The van der Waals surface area contributed by atoms with Crippen molar-refractivity contribution in [3.8, 4) is 5.75 Å². The normalized spacial score (nSPS) is 15.7. The summed E-state index contributed by atoms with van der Waals surface area (Å²) >= 11 is 0. The highest BCUT2D eigenvalue weighted by Crippen LogP contribution is 2.41. The van der Waals surface area contributed by atoms with Crippen LogP contribution >= 0.6 is 0 Å². The maximum Gasteiger partial charge on any atom is 0.268 e. The van der Waals surface area contributed by atoms with Gasteiger partial charge in [0.25, 0.3) is 5.91 Å². The average Bonchev–Trinajstić information content (AvgIpc) is 2.75. The van der Waals surface area contributed by atoms with Gasteiger partial charge in [0, 0.05) is 18.0 Å². The lowest BCUT2D eigenvalue weighted by Gasteiger charge is -2.34. The standard InChI is InChI=1S/C17H21N3O2.C7H6F2O/c1-17(2)6-3-10(4-7-17)12-9-13(21)14-11(20-12)5-8-19-15(14)16(18)22;1-10-6-4-2-3-5(8)7(6)9/h5,8-10H,3-4,6-7H2,1-2H3,(H2,18,22)(H,20,21);2-4H,1H3. The summed E-state index contributed by atoms with van der Waals surface area (Å²) in [4.78, 5) is 31.1. The molecule has 1 saturated carbocycles. The largest absolute Gasteiger partial charge is 0.494 e. The second kappa shape index (κ2) is 9.46. The molecular formula is C24H27F2N3O3. The first-order valence-electron chi connectivity index (χ1n) is 10.4. The lowest BCUT2D eigenvalue weighted by Crippen LogP contribution is -2.22. The maximum absolute atomic E-state index is 12.5. The number of nitrogens with two attached hydrogens (primary N) is 1. The minimum Gasteiger partial charge on any atom is -0.494 e. The number of primary amides is 1. The second-order valence-corrected chi connectivity index (χ2v) is 8.73. The van der Waals surface area contributed by atoms with Crippen LogP contribution in [0.4, 0.5) is 8.78 Å². The first kappa shape index (κ1) is 23.4. The Hall–Kier alpha value is -3.29. The monoisotopic (exact) mass is 443 g/mol. The predicted molar refractivity (Wildman–Crippen MR) is 119 cm³/mol. The fourth-order valence-corrected chi connectivity index (χ4v) is 3.98. The Morgan fingerprint density at radius 1 is 1.22 bits per heavy atom. The summed E-state index contributed by atoms with van der Waals surface area (Å²) in [6.07, 6.45) is 5.96.